The molecule has 0 aromatic heterocycles. The molecule has 4 fully saturated rings. The molecule has 0 aromatic carbocycles. The van der Waals surface area contributed by atoms with Crippen molar-refractivity contribution < 1.29 is 120 Å². The van der Waals surface area contributed by atoms with E-state index < -0.39 is 183 Å². The topological polar surface area (TPSA) is 477 Å². The van der Waals surface area contributed by atoms with Crippen molar-refractivity contribution in [2.75, 3.05) is 24.7 Å². The van der Waals surface area contributed by atoms with E-state index in [4.69, 9.17) is 18.9 Å². The van der Waals surface area contributed by atoms with Gasteiger partial charge in [-0.15, -0.1) is 0 Å². The number of rotatable bonds is 17. The van der Waals surface area contributed by atoms with Crippen molar-refractivity contribution in [2.24, 2.45) is 0 Å². The fourth-order valence-corrected chi connectivity index (χ4v) is 9.68. The van der Waals surface area contributed by atoms with Crippen LogP contribution in [0.2, 0.25) is 0 Å². The van der Waals surface area contributed by atoms with Crippen LogP contribution in [0.4, 0.5) is 0 Å². The van der Waals surface area contributed by atoms with Gasteiger partial charge in [0.15, 0.2) is 12.6 Å². The Hall–Kier alpha value is -2.22. The van der Waals surface area contributed by atoms with Gasteiger partial charge in [-0.25, -0.2) is 0 Å². The first-order valence-corrected chi connectivity index (χ1v) is 22.2. The first-order chi connectivity index (χ1) is 30.0. The molecule has 4 amide bonds. The summed E-state index contributed by atoms with van der Waals surface area (Å²) in [6.45, 7) is 0.278. The summed E-state index contributed by atoms with van der Waals surface area (Å²) in [7, 11) is 1.69. The number of nitrogens with one attached hydrogen (secondary N) is 4. The summed E-state index contributed by atoms with van der Waals surface area (Å²) in [5.41, 5.74) is 0. The van der Waals surface area contributed by atoms with Gasteiger partial charge >= 0.3 is 0 Å². The van der Waals surface area contributed by atoms with Crippen LogP contribution < -0.4 is 21.3 Å². The van der Waals surface area contributed by atoms with E-state index in [2.05, 4.69) is 21.3 Å². The van der Waals surface area contributed by atoms with E-state index in [9.17, 15) is 101 Å². The fraction of sp³-hybridized carbons (Fsp3) is 0.882. The lowest BCUT2D eigenvalue weighted by molar-refractivity contribution is -0.319. The van der Waals surface area contributed by atoms with Crippen molar-refractivity contribution in [3.05, 3.63) is 0 Å². The Morgan fingerprint density at radius 2 is 0.750 bits per heavy atom. The van der Waals surface area contributed by atoms with Crippen LogP contribution in [0.3, 0.4) is 0 Å². The molecule has 4 aliphatic rings. The third kappa shape index (κ3) is 12.5. The van der Waals surface area contributed by atoms with Crippen LogP contribution in [0.15, 0.2) is 0 Å². The van der Waals surface area contributed by atoms with Gasteiger partial charge in [0.1, 0.15) is 134 Å². The summed E-state index contributed by atoms with van der Waals surface area (Å²) >= 11 is 0. The molecule has 20 N–H and O–H groups in total. The molecule has 4 rings (SSSR count). The zero-order valence-electron chi connectivity index (χ0n) is 33.9. The smallest absolute Gasteiger partial charge is 0.243 e. The summed E-state index contributed by atoms with van der Waals surface area (Å²) in [6, 6.07) is -6.55. The second kappa shape index (κ2) is 23.7. The third-order valence-electron chi connectivity index (χ3n) is 11.0. The Morgan fingerprint density at radius 1 is 0.469 bits per heavy atom. The number of hydrogen-bond acceptors (Lipinski definition) is 26. The first-order valence-electron chi connectivity index (χ1n) is 19.7. The maximum absolute atomic E-state index is 13.6. The monoisotopic (exact) mass is 970 g/mol. The number of aliphatic hydroxyl groups excluding tert-OH is 16. The van der Waals surface area contributed by atoms with Gasteiger partial charge in [-0.1, -0.05) is 21.6 Å². The van der Waals surface area contributed by atoms with E-state index in [1.54, 1.807) is 0 Å². The Balaban J connectivity index is 1.46. The highest BCUT2D eigenvalue weighted by atomic mass is 33.1. The number of amides is 4. The zero-order valence-corrected chi connectivity index (χ0v) is 35.6. The Labute approximate surface area is 370 Å². The van der Waals surface area contributed by atoms with Crippen LogP contribution in [0, 0.1) is 0 Å². The molecule has 2 aliphatic heterocycles. The van der Waals surface area contributed by atoms with Gasteiger partial charge < -0.3 is 122 Å². The minimum atomic E-state index is -2.07. The van der Waals surface area contributed by atoms with Crippen molar-refractivity contribution in [2.45, 2.75) is 160 Å². The van der Waals surface area contributed by atoms with Crippen molar-refractivity contribution in [3.8, 4) is 0 Å². The first kappa shape index (κ1) is 54.4. The molecule has 2 heterocycles. The molecule has 28 nitrogen and oxygen atoms in total. The van der Waals surface area contributed by atoms with Crippen molar-refractivity contribution in [1.29, 1.82) is 0 Å². The second-order valence-corrected chi connectivity index (χ2v) is 18.2. The summed E-state index contributed by atoms with van der Waals surface area (Å²) < 4.78 is 22.1. The molecule has 64 heavy (non-hydrogen) atoms. The largest absolute Gasteiger partial charge is 0.394 e. The molecule has 30 heteroatoms. The van der Waals surface area contributed by atoms with Crippen LogP contribution in [0.25, 0.3) is 0 Å². The van der Waals surface area contributed by atoms with E-state index >= 15 is 0 Å². The maximum atomic E-state index is 13.6. The highest BCUT2D eigenvalue weighted by molar-refractivity contribution is 8.76. The van der Waals surface area contributed by atoms with Gasteiger partial charge in [-0.3, -0.25) is 19.2 Å². The maximum Gasteiger partial charge on any atom is 0.243 e. The second-order valence-electron chi connectivity index (χ2n) is 15.7. The highest BCUT2D eigenvalue weighted by Gasteiger charge is 2.55. The molecule has 0 radical (unpaired) electrons. The van der Waals surface area contributed by atoms with E-state index in [1.165, 1.54) is 0 Å². The molecule has 24 atom stereocenters. The van der Waals surface area contributed by atoms with Gasteiger partial charge in [0.2, 0.25) is 23.6 Å². The third-order valence-corrected chi connectivity index (χ3v) is 13.5. The molecule has 0 spiro atoms. The molecule has 0 aromatic rings. The summed E-state index contributed by atoms with van der Waals surface area (Å²) in [6.07, 6.45) is -39.1. The van der Waals surface area contributed by atoms with Crippen molar-refractivity contribution in [1.82, 2.24) is 21.3 Å². The van der Waals surface area contributed by atoms with Crippen molar-refractivity contribution >= 4 is 45.2 Å². The molecular formula is C34H58N4O24S2. The van der Waals surface area contributed by atoms with Gasteiger partial charge in [0.25, 0.3) is 0 Å². The molecular weight excluding hydrogens is 913 g/mol. The average molecular weight is 971 g/mol. The number of carbonyl (C=O) groups excluding carboxylic acids is 4. The standard InChI is InChI=1S/C34H58N4O24S2/c1-7(41)35-9(31(57)37-13-17(45)15(43)11(3-39)59-33(13)61-29-25(53)21(49)19(47)22(50)26(29)54)5-63-64-6-10(36-8(2)42)32(58)38-14-18(46)16(44)12(4-40)60-34(14)62-30-27(55)23(51)20(48)24(52)28(30)56/h9-30,33-34,39-40,43-56H,3-6H2,1-2H3,(H,35,41)(H,36,42)(H,37,57)(H,38,58)/t9-,10-,11+,12+,13-,14?,15+,16+,17+,18+,19?,20?,21-,22+,23-,24+,25+,26+,27+,28+,29?,30?,33+,34+/m0/s1. The summed E-state index contributed by atoms with van der Waals surface area (Å²) in [4.78, 5) is 51.6. The SMILES string of the molecule is CC(=O)N[C@@H](CSSC[C@H](NC(C)=O)C(=O)N[C@@H]1[C@@H](OC2[C@H](O)[C@H](O)C(O)[C@H](O)[C@H]2O)O[C@H](CO)[C@@H](O)[C@@H]1O)C(=O)NC1[C@@H](OC2[C@H](O)[C@H](O)C(O)[C@H](O)[C@H]2O)O[C@H](CO)[C@@H](O)[C@@H]1O. The molecule has 2 saturated heterocycles. The van der Waals surface area contributed by atoms with E-state index in [-0.39, 0.29) is 11.5 Å². The molecule has 2 saturated carbocycles. The normalized spacial score (nSPS) is 43.7. The van der Waals surface area contributed by atoms with Crippen LogP contribution in [-0.4, -0.2) is 277 Å². The van der Waals surface area contributed by atoms with Gasteiger partial charge in [0.05, 0.1) is 13.2 Å². The lowest BCUT2D eigenvalue weighted by Crippen LogP contribution is -2.70. The van der Waals surface area contributed by atoms with E-state index in [0.717, 1.165) is 35.4 Å². The average Bonchev–Trinajstić information content (AvgIpc) is 3.25. The van der Waals surface area contributed by atoms with Crippen molar-refractivity contribution in [3.63, 3.8) is 0 Å². The number of aliphatic hydroxyl groups is 16. The minimum Gasteiger partial charge on any atom is -0.394 e. The molecule has 5 unspecified atom stereocenters. The van der Waals surface area contributed by atoms with E-state index in [1.807, 2.05) is 0 Å². The van der Waals surface area contributed by atoms with E-state index in [0.29, 0.717) is 0 Å². The quantitative estimate of drug-likeness (QED) is 0.0475. The van der Waals surface area contributed by atoms with Crippen LogP contribution in [0.1, 0.15) is 13.8 Å². The van der Waals surface area contributed by atoms with Gasteiger partial charge in [0, 0.05) is 25.4 Å². The minimum absolute atomic E-state index is 0.323. The van der Waals surface area contributed by atoms with Gasteiger partial charge in [-0.2, -0.15) is 0 Å². The van der Waals surface area contributed by atoms with Crippen LogP contribution in [-0.2, 0) is 38.1 Å². The van der Waals surface area contributed by atoms with Gasteiger partial charge in [-0.05, 0) is 0 Å². The summed E-state index contributed by atoms with van der Waals surface area (Å²) in [5, 5.41) is 175. The van der Waals surface area contributed by atoms with Crippen LogP contribution in [0.5, 0.6) is 0 Å². The molecule has 370 valence electrons. The number of ether oxygens (including phenoxy) is 4. The Kier molecular flexibility index (Phi) is 20.1. The lowest BCUT2D eigenvalue weighted by Gasteiger charge is -2.47. The molecule has 0 bridgehead atoms. The fourth-order valence-electron chi connectivity index (χ4n) is 7.35. The number of hydrogen-bond donors (Lipinski definition) is 20. The summed E-state index contributed by atoms with van der Waals surface area (Å²) in [5.74, 6) is -4.25. The highest BCUT2D eigenvalue weighted by Crippen LogP contribution is 2.32. The molecule has 2 aliphatic carbocycles. The van der Waals surface area contributed by atoms with Crippen LogP contribution >= 0.6 is 21.6 Å². The predicted octanol–water partition coefficient (Wildman–Crippen LogP) is -12.4. The zero-order chi connectivity index (χ0) is 48.1. The lowest BCUT2D eigenvalue weighted by atomic mass is 9.84. The predicted molar refractivity (Wildman–Crippen MR) is 209 cm³/mol. The number of carbonyl (C=O) groups is 4. The Morgan fingerprint density at radius 3 is 1.02 bits per heavy atom. The Bertz CT molecular complexity index is 1420.